The van der Waals surface area contributed by atoms with Crippen molar-refractivity contribution in [3.8, 4) is 0 Å². The Morgan fingerprint density at radius 2 is 1.87 bits per heavy atom. The summed E-state index contributed by atoms with van der Waals surface area (Å²) in [6.07, 6.45) is 3.31. The Bertz CT molecular complexity index is 122. The summed E-state index contributed by atoms with van der Waals surface area (Å²) in [6, 6.07) is 0. The highest BCUT2D eigenvalue weighted by atomic mass is 16.5. The monoisotopic (exact) mass is 220 g/mol. The molecule has 0 aliphatic rings. The molecule has 1 N–H and O–H groups in total. The van der Waals surface area contributed by atoms with Crippen LogP contribution in [0.4, 0.5) is 0 Å². The Kier molecular flexibility index (Phi) is 17.8. The van der Waals surface area contributed by atoms with Gasteiger partial charge < -0.3 is 14.6 Å². The van der Waals surface area contributed by atoms with Crippen molar-refractivity contribution < 1.29 is 19.4 Å². The van der Waals surface area contributed by atoms with Gasteiger partial charge in [-0.1, -0.05) is 19.8 Å². The lowest BCUT2D eigenvalue weighted by Gasteiger charge is -1.98. The Hall–Kier alpha value is -0.610. The van der Waals surface area contributed by atoms with Crippen LogP contribution in [-0.4, -0.2) is 37.5 Å². The molecule has 0 saturated heterocycles. The summed E-state index contributed by atoms with van der Waals surface area (Å²) in [4.78, 5) is 10.2. The van der Waals surface area contributed by atoms with Crippen molar-refractivity contribution in [2.24, 2.45) is 0 Å². The van der Waals surface area contributed by atoms with E-state index < -0.39 is 0 Å². The molecule has 15 heavy (non-hydrogen) atoms. The van der Waals surface area contributed by atoms with Gasteiger partial charge >= 0.3 is 5.97 Å². The summed E-state index contributed by atoms with van der Waals surface area (Å²) < 4.78 is 9.44. The number of ether oxygens (including phenoxy) is 2. The summed E-state index contributed by atoms with van der Waals surface area (Å²) in [5, 5.41) is 8.07. The Labute approximate surface area is 92.6 Å². The van der Waals surface area contributed by atoms with E-state index in [-0.39, 0.29) is 12.6 Å². The number of carbonyl (C=O) groups is 1. The van der Waals surface area contributed by atoms with Crippen LogP contribution >= 0.6 is 0 Å². The summed E-state index contributed by atoms with van der Waals surface area (Å²) in [5.41, 5.74) is 0. The van der Waals surface area contributed by atoms with Crippen LogP contribution in [0.2, 0.25) is 0 Å². The van der Waals surface area contributed by atoms with E-state index in [2.05, 4.69) is 6.92 Å². The molecule has 4 nitrogen and oxygen atoms in total. The maximum atomic E-state index is 10.2. The molecule has 0 fully saturated rings. The number of carbonyl (C=O) groups excluding carboxylic acids is 1. The van der Waals surface area contributed by atoms with E-state index in [9.17, 15) is 4.79 Å². The van der Waals surface area contributed by atoms with Gasteiger partial charge in [0.05, 0.1) is 19.8 Å². The minimum Gasteiger partial charge on any atom is -0.466 e. The first kappa shape index (κ1) is 16.8. The maximum Gasteiger partial charge on any atom is 0.302 e. The molecule has 0 atom stereocenters. The molecule has 92 valence electrons. The number of esters is 1. The van der Waals surface area contributed by atoms with Crippen LogP contribution in [0, 0.1) is 0 Å². The van der Waals surface area contributed by atoms with E-state index in [0.29, 0.717) is 19.8 Å². The third-order valence-corrected chi connectivity index (χ3v) is 1.49. The fourth-order valence-electron chi connectivity index (χ4n) is 0.777. The maximum absolute atomic E-state index is 10.2. The molecule has 4 heteroatoms. The minimum absolute atomic E-state index is 0.133. The second-order valence-corrected chi connectivity index (χ2v) is 2.97. The van der Waals surface area contributed by atoms with Crippen molar-refractivity contribution in [3.63, 3.8) is 0 Å². The summed E-state index contributed by atoms with van der Waals surface area (Å²) in [5.74, 6) is -0.175. The predicted molar refractivity (Wildman–Crippen MR) is 59.7 cm³/mol. The first-order valence-corrected chi connectivity index (χ1v) is 5.50. The highest BCUT2D eigenvalue weighted by molar-refractivity contribution is 5.65. The molecule has 0 saturated carbocycles. The average Bonchev–Trinajstić information content (AvgIpc) is 2.22. The van der Waals surface area contributed by atoms with E-state index in [1.807, 2.05) is 6.92 Å². The van der Waals surface area contributed by atoms with E-state index in [1.54, 1.807) is 0 Å². The van der Waals surface area contributed by atoms with Crippen LogP contribution < -0.4 is 0 Å². The SMILES string of the molecule is CCCCCOC(C)=O.CCOCCO. The molecule has 0 amide bonds. The molecule has 0 radical (unpaired) electrons. The van der Waals surface area contributed by atoms with Gasteiger partial charge in [-0.15, -0.1) is 0 Å². The van der Waals surface area contributed by atoms with Gasteiger partial charge in [0.2, 0.25) is 0 Å². The van der Waals surface area contributed by atoms with Gasteiger partial charge in [0.25, 0.3) is 0 Å². The molecule has 0 aromatic heterocycles. The standard InChI is InChI=1S/C7H14O2.C4H10O2/c1-3-4-5-6-9-7(2)8;1-2-6-4-3-5/h3-6H2,1-2H3;5H,2-4H2,1H3. The highest BCUT2D eigenvalue weighted by Crippen LogP contribution is 1.93. The van der Waals surface area contributed by atoms with Crippen LogP contribution in [-0.2, 0) is 14.3 Å². The average molecular weight is 220 g/mol. The zero-order valence-electron chi connectivity index (χ0n) is 10.1. The molecule has 0 bridgehead atoms. The second kappa shape index (κ2) is 15.8. The quantitative estimate of drug-likeness (QED) is 0.524. The third kappa shape index (κ3) is 24.7. The second-order valence-electron chi connectivity index (χ2n) is 2.97. The van der Waals surface area contributed by atoms with Crippen molar-refractivity contribution in [3.05, 3.63) is 0 Å². The van der Waals surface area contributed by atoms with Gasteiger partial charge in [-0.05, 0) is 13.3 Å². The van der Waals surface area contributed by atoms with Gasteiger partial charge in [-0.25, -0.2) is 0 Å². The molecule has 0 spiro atoms. The Morgan fingerprint density at radius 1 is 1.20 bits per heavy atom. The Balaban J connectivity index is 0. The van der Waals surface area contributed by atoms with Crippen LogP contribution in [0.5, 0.6) is 0 Å². The number of unbranched alkanes of at least 4 members (excludes halogenated alkanes) is 2. The highest BCUT2D eigenvalue weighted by Gasteiger charge is 1.89. The number of aliphatic hydroxyl groups is 1. The van der Waals surface area contributed by atoms with Gasteiger partial charge in [0.1, 0.15) is 0 Å². The third-order valence-electron chi connectivity index (χ3n) is 1.49. The first-order chi connectivity index (χ1) is 7.18. The summed E-state index contributed by atoms with van der Waals surface area (Å²) in [6.45, 7) is 7.34. The molecule has 0 heterocycles. The largest absolute Gasteiger partial charge is 0.466 e. The van der Waals surface area contributed by atoms with E-state index in [1.165, 1.54) is 13.3 Å². The number of hydrogen-bond donors (Lipinski definition) is 1. The summed E-state index contributed by atoms with van der Waals surface area (Å²) >= 11 is 0. The number of rotatable bonds is 7. The molecule has 0 aliphatic heterocycles. The van der Waals surface area contributed by atoms with Gasteiger partial charge in [0, 0.05) is 13.5 Å². The smallest absolute Gasteiger partial charge is 0.302 e. The zero-order chi connectivity index (χ0) is 11.9. The van der Waals surface area contributed by atoms with Gasteiger partial charge in [0.15, 0.2) is 0 Å². The lowest BCUT2D eigenvalue weighted by atomic mass is 10.3. The van der Waals surface area contributed by atoms with Crippen LogP contribution in [0.15, 0.2) is 0 Å². The molecular weight excluding hydrogens is 196 g/mol. The minimum atomic E-state index is -0.175. The molecule has 0 aromatic carbocycles. The Morgan fingerprint density at radius 3 is 2.20 bits per heavy atom. The van der Waals surface area contributed by atoms with Crippen molar-refractivity contribution in [1.29, 1.82) is 0 Å². The van der Waals surface area contributed by atoms with Crippen LogP contribution in [0.1, 0.15) is 40.0 Å². The van der Waals surface area contributed by atoms with Crippen molar-refractivity contribution in [2.75, 3.05) is 26.4 Å². The van der Waals surface area contributed by atoms with E-state index >= 15 is 0 Å². The fourth-order valence-corrected chi connectivity index (χ4v) is 0.777. The van der Waals surface area contributed by atoms with Crippen LogP contribution in [0.25, 0.3) is 0 Å². The number of hydrogen-bond acceptors (Lipinski definition) is 4. The fraction of sp³-hybridized carbons (Fsp3) is 0.909. The molecule has 0 aliphatic carbocycles. The lowest BCUT2D eigenvalue weighted by Crippen LogP contribution is -1.99. The lowest BCUT2D eigenvalue weighted by molar-refractivity contribution is -0.141. The van der Waals surface area contributed by atoms with E-state index in [4.69, 9.17) is 14.6 Å². The predicted octanol–water partition coefficient (Wildman–Crippen LogP) is 1.75. The van der Waals surface area contributed by atoms with Crippen LogP contribution in [0.3, 0.4) is 0 Å². The zero-order valence-corrected chi connectivity index (χ0v) is 10.1. The van der Waals surface area contributed by atoms with Crippen molar-refractivity contribution in [2.45, 2.75) is 40.0 Å². The molecule has 0 aromatic rings. The van der Waals surface area contributed by atoms with Crippen molar-refractivity contribution in [1.82, 2.24) is 0 Å². The normalized spacial score (nSPS) is 9.07. The van der Waals surface area contributed by atoms with Gasteiger partial charge in [-0.2, -0.15) is 0 Å². The first-order valence-electron chi connectivity index (χ1n) is 5.50. The van der Waals surface area contributed by atoms with Gasteiger partial charge in [-0.3, -0.25) is 4.79 Å². The molecule has 0 unspecified atom stereocenters. The topological polar surface area (TPSA) is 55.8 Å². The molecule has 0 rings (SSSR count). The van der Waals surface area contributed by atoms with E-state index in [0.717, 1.165) is 12.8 Å². The number of aliphatic hydroxyl groups excluding tert-OH is 1. The van der Waals surface area contributed by atoms with Crippen molar-refractivity contribution >= 4 is 5.97 Å². The summed E-state index contributed by atoms with van der Waals surface area (Å²) in [7, 11) is 0. The molecular formula is C11H24O4.